The van der Waals surface area contributed by atoms with E-state index in [2.05, 4.69) is 23.7 Å². The first kappa shape index (κ1) is 19.4. The van der Waals surface area contributed by atoms with E-state index < -0.39 is 7.12 Å². The smallest absolute Gasteiger partial charge is 0.537 e. The summed E-state index contributed by atoms with van der Waals surface area (Å²) in [5.74, 6) is 12.8. The lowest BCUT2D eigenvalue weighted by atomic mass is 9.80. The second-order valence-electron chi connectivity index (χ2n) is 5.82. The number of hydrogen-bond donors (Lipinski definition) is 3. The van der Waals surface area contributed by atoms with Gasteiger partial charge in [0, 0.05) is 22.3 Å². The van der Waals surface area contributed by atoms with Crippen LogP contribution >= 0.6 is 0 Å². The Balaban J connectivity index is 1.66. The van der Waals surface area contributed by atoms with Gasteiger partial charge in [0.25, 0.3) is 0 Å². The van der Waals surface area contributed by atoms with Crippen molar-refractivity contribution in [3.05, 3.63) is 95.1 Å². The summed E-state index contributed by atoms with van der Waals surface area (Å²) in [5, 5.41) is 26.8. The molecule has 28 heavy (non-hydrogen) atoms. The highest BCUT2D eigenvalue weighted by molar-refractivity contribution is 6.58. The molecule has 133 valence electrons. The van der Waals surface area contributed by atoms with Gasteiger partial charge >= 0.3 is 14.8 Å². The van der Waals surface area contributed by atoms with Gasteiger partial charge in [-0.2, -0.15) is 0 Å². The van der Waals surface area contributed by atoms with E-state index in [1.807, 2.05) is 36.4 Å². The quantitative estimate of drug-likeness (QED) is 0.480. The molecule has 0 aliphatic heterocycles. The third kappa shape index (κ3) is 5.54. The van der Waals surface area contributed by atoms with Crippen molar-refractivity contribution in [2.45, 2.75) is 0 Å². The fraction of sp³-hybridized carbons (Fsp3) is 0. The minimum Gasteiger partial charge on any atom is -0.537 e. The molecule has 0 unspecified atom stereocenters. The summed E-state index contributed by atoms with van der Waals surface area (Å²) in [7, 11) is -0.833. The number of rotatable bonds is 3. The Bertz CT molecular complexity index is 1040. The Morgan fingerprint density at radius 2 is 0.964 bits per heavy atom. The first-order valence-electron chi connectivity index (χ1n) is 8.47. The van der Waals surface area contributed by atoms with Crippen LogP contribution in [0.2, 0.25) is 0 Å². The molecule has 1 radical (unpaired) electrons. The van der Waals surface area contributed by atoms with Gasteiger partial charge in [0.15, 0.2) is 0 Å². The molecule has 0 saturated carbocycles. The lowest BCUT2D eigenvalue weighted by Gasteiger charge is -1.99. The van der Waals surface area contributed by atoms with Crippen molar-refractivity contribution in [2.24, 2.45) is 0 Å². The van der Waals surface area contributed by atoms with Gasteiger partial charge in [0.2, 0.25) is 0 Å². The molecule has 3 aromatic carbocycles. The van der Waals surface area contributed by atoms with E-state index in [0.29, 0.717) is 18.9 Å². The van der Waals surface area contributed by atoms with Crippen molar-refractivity contribution in [3.63, 3.8) is 0 Å². The summed E-state index contributed by atoms with van der Waals surface area (Å²) >= 11 is 0. The van der Waals surface area contributed by atoms with Gasteiger partial charge < -0.3 is 19.7 Å². The predicted octanol–water partition coefficient (Wildman–Crippen LogP) is 1.07. The minimum atomic E-state index is -1.47. The van der Waals surface area contributed by atoms with Crippen LogP contribution in [0.3, 0.4) is 0 Å². The first-order chi connectivity index (χ1) is 13.6. The number of benzene rings is 3. The third-order valence-corrected chi connectivity index (χ3v) is 3.84. The van der Waals surface area contributed by atoms with Crippen molar-refractivity contribution in [1.82, 2.24) is 0 Å². The fourth-order valence-corrected chi connectivity index (χ4v) is 2.34. The summed E-state index contributed by atoms with van der Waals surface area (Å²) in [4.78, 5) is 0. The molecule has 3 aromatic rings. The lowest BCUT2D eigenvalue weighted by Crippen LogP contribution is -2.29. The maximum atomic E-state index is 9.09. The summed E-state index contributed by atoms with van der Waals surface area (Å²) < 4.78 is 4.86. The zero-order valence-electron chi connectivity index (χ0n) is 14.8. The van der Waals surface area contributed by atoms with Gasteiger partial charge in [0.05, 0.1) is 0 Å². The van der Waals surface area contributed by atoms with E-state index in [1.54, 1.807) is 36.4 Å². The van der Waals surface area contributed by atoms with Gasteiger partial charge in [-0.05, 0) is 66.1 Å². The Kier molecular flexibility index (Phi) is 6.57. The summed E-state index contributed by atoms with van der Waals surface area (Å²) in [6, 6.07) is 21.4. The predicted molar refractivity (Wildman–Crippen MR) is 110 cm³/mol. The Hall–Kier alpha value is -3.41. The maximum Gasteiger partial charge on any atom is 0.569 e. The maximum absolute atomic E-state index is 9.09. The summed E-state index contributed by atoms with van der Waals surface area (Å²) in [6.45, 7) is 0. The van der Waals surface area contributed by atoms with Crippen LogP contribution in [0.4, 0.5) is 0 Å². The molecule has 0 atom stereocenters. The highest BCUT2D eigenvalue weighted by Gasteiger charge is 2.08. The van der Waals surface area contributed by atoms with E-state index in [4.69, 9.17) is 19.7 Å². The van der Waals surface area contributed by atoms with Crippen LogP contribution in [0.1, 0.15) is 22.3 Å². The largest absolute Gasteiger partial charge is 0.569 e. The average Bonchev–Trinajstić information content (AvgIpc) is 2.73. The summed E-state index contributed by atoms with van der Waals surface area (Å²) in [6.07, 6.45) is 0. The van der Waals surface area contributed by atoms with Crippen molar-refractivity contribution < 1.29 is 19.7 Å². The second-order valence-corrected chi connectivity index (χ2v) is 5.82. The molecule has 0 fully saturated rings. The van der Waals surface area contributed by atoms with Gasteiger partial charge in [-0.3, -0.25) is 0 Å². The van der Waals surface area contributed by atoms with Gasteiger partial charge in [-0.1, -0.05) is 35.8 Å². The van der Waals surface area contributed by atoms with Gasteiger partial charge in [0.1, 0.15) is 5.75 Å². The Labute approximate surface area is 164 Å². The molecule has 0 amide bonds. The molecular weight excluding hydrogens is 350 g/mol. The highest BCUT2D eigenvalue weighted by Crippen LogP contribution is 2.11. The second kappa shape index (κ2) is 9.50. The minimum absolute atomic E-state index is 0.433. The molecule has 0 aliphatic carbocycles. The molecule has 0 aliphatic rings. The fourth-order valence-electron chi connectivity index (χ4n) is 2.34. The Morgan fingerprint density at radius 1 is 0.607 bits per heavy atom. The molecule has 0 heterocycles. The topological polar surface area (TPSA) is 69.9 Å². The zero-order valence-corrected chi connectivity index (χ0v) is 14.8. The van der Waals surface area contributed by atoms with Gasteiger partial charge in [-0.15, -0.1) is 0 Å². The molecule has 3 N–H and O–H groups in total. The van der Waals surface area contributed by atoms with E-state index in [9.17, 15) is 0 Å². The van der Waals surface area contributed by atoms with Crippen LogP contribution in [0, 0.1) is 23.7 Å². The molecule has 0 aromatic heterocycles. The summed E-state index contributed by atoms with van der Waals surface area (Å²) in [5.41, 5.74) is 3.79. The average molecular weight is 365 g/mol. The van der Waals surface area contributed by atoms with E-state index in [0.717, 1.165) is 22.3 Å². The van der Waals surface area contributed by atoms with Gasteiger partial charge in [-0.25, -0.2) is 0 Å². The number of hydrogen-bond acceptors (Lipinski definition) is 4. The van der Waals surface area contributed by atoms with Crippen molar-refractivity contribution in [2.75, 3.05) is 0 Å². The SMILES string of the molecule is O[B]Oc1ccc(C#Cc2ccc(C#Cc3ccc(B(O)O)cc3)cc2)cc1. The van der Waals surface area contributed by atoms with Crippen LogP contribution in [-0.4, -0.2) is 29.9 Å². The standard InChI is InChI=1S/C22H15B2O4/c25-23-28-22-15-11-20(12-16-22)8-6-18-3-1-17(2-4-18)5-7-19-9-13-21(14-10-19)24(26)27/h1-4,9-16,25-27H. The van der Waals surface area contributed by atoms with Crippen LogP contribution < -0.4 is 10.1 Å². The molecule has 4 nitrogen and oxygen atoms in total. The van der Waals surface area contributed by atoms with Crippen LogP contribution in [0.15, 0.2) is 72.8 Å². The van der Waals surface area contributed by atoms with E-state index >= 15 is 0 Å². The van der Waals surface area contributed by atoms with Crippen LogP contribution in [-0.2, 0) is 0 Å². The third-order valence-electron chi connectivity index (χ3n) is 3.84. The van der Waals surface area contributed by atoms with E-state index in [1.165, 1.54) is 0 Å². The molecule has 0 saturated heterocycles. The normalized spacial score (nSPS) is 9.39. The molecule has 6 heteroatoms. The van der Waals surface area contributed by atoms with Crippen LogP contribution in [0.25, 0.3) is 0 Å². The Morgan fingerprint density at radius 3 is 1.32 bits per heavy atom. The molecular formula is C22H15B2O4. The molecule has 0 spiro atoms. The lowest BCUT2D eigenvalue weighted by molar-refractivity contribution is 0.425. The van der Waals surface area contributed by atoms with Crippen molar-refractivity contribution in [3.8, 4) is 29.4 Å². The van der Waals surface area contributed by atoms with E-state index in [-0.39, 0.29) is 0 Å². The van der Waals surface area contributed by atoms with Crippen molar-refractivity contribution >= 4 is 20.3 Å². The van der Waals surface area contributed by atoms with Crippen molar-refractivity contribution in [1.29, 1.82) is 0 Å². The zero-order chi connectivity index (χ0) is 19.8. The monoisotopic (exact) mass is 365 g/mol. The van der Waals surface area contributed by atoms with Crippen LogP contribution in [0.5, 0.6) is 5.75 Å². The molecule has 0 bridgehead atoms. The first-order valence-corrected chi connectivity index (χ1v) is 8.47. The molecule has 3 rings (SSSR count). The highest BCUT2D eigenvalue weighted by atomic mass is 16.5.